The summed E-state index contributed by atoms with van der Waals surface area (Å²) in [6, 6.07) is 10.1. The first kappa shape index (κ1) is 22.4. The molecule has 2 fully saturated rings. The number of carbonyl (C=O) groups excluding carboxylic acids is 1. The third kappa shape index (κ3) is 4.40. The summed E-state index contributed by atoms with van der Waals surface area (Å²) in [5.41, 5.74) is 0.946. The molecule has 1 aromatic carbocycles. The van der Waals surface area contributed by atoms with Crippen molar-refractivity contribution < 1.29 is 13.6 Å². The van der Waals surface area contributed by atoms with Crippen LogP contribution in [-0.2, 0) is 0 Å². The van der Waals surface area contributed by atoms with Crippen LogP contribution in [0.25, 0.3) is 0 Å². The molecular weight excluding hydrogens is 435 g/mol. The number of rotatable bonds is 5. The van der Waals surface area contributed by atoms with Crippen LogP contribution < -0.4 is 0 Å². The Hall–Kier alpha value is -2.78. The van der Waals surface area contributed by atoms with Crippen molar-refractivity contribution in [2.24, 2.45) is 0 Å². The van der Waals surface area contributed by atoms with Gasteiger partial charge in [0.05, 0.1) is 18.3 Å². The average Bonchev–Trinajstić information content (AvgIpc) is 3.57. The van der Waals surface area contributed by atoms with E-state index >= 15 is 0 Å². The SMILES string of the molecule is Cl.O=C(c1ccco1)N1CCN(C(c2ccc(F)cc2)c2nnnn2C2CCCC2)CC1. The number of carbonyl (C=O) groups is 1. The number of hydrogen-bond donors (Lipinski definition) is 0. The van der Waals surface area contributed by atoms with Crippen LogP contribution >= 0.6 is 12.4 Å². The van der Waals surface area contributed by atoms with Crippen LogP contribution in [0.5, 0.6) is 0 Å². The molecule has 1 amide bonds. The van der Waals surface area contributed by atoms with E-state index in [0.29, 0.717) is 38.0 Å². The maximum atomic E-state index is 13.6. The number of halogens is 2. The Morgan fingerprint density at radius 2 is 1.78 bits per heavy atom. The van der Waals surface area contributed by atoms with Crippen LogP contribution in [-0.4, -0.2) is 62.1 Å². The third-order valence-corrected chi connectivity index (χ3v) is 6.32. The van der Waals surface area contributed by atoms with Crippen LogP contribution in [0.2, 0.25) is 0 Å². The Labute approximate surface area is 191 Å². The fourth-order valence-corrected chi connectivity index (χ4v) is 4.70. The number of aromatic nitrogens is 4. The molecule has 170 valence electrons. The van der Waals surface area contributed by atoms with Gasteiger partial charge in [-0.05, 0) is 53.1 Å². The molecule has 0 spiro atoms. The lowest BCUT2D eigenvalue weighted by Gasteiger charge is -2.38. The number of piperazine rings is 1. The minimum Gasteiger partial charge on any atom is -0.459 e. The number of amides is 1. The van der Waals surface area contributed by atoms with E-state index in [9.17, 15) is 9.18 Å². The molecule has 32 heavy (non-hydrogen) atoms. The maximum Gasteiger partial charge on any atom is 0.289 e. The molecule has 2 aliphatic rings. The number of tetrazole rings is 1. The van der Waals surface area contributed by atoms with Crippen molar-refractivity contribution in [2.45, 2.75) is 37.8 Å². The first-order valence-corrected chi connectivity index (χ1v) is 10.8. The van der Waals surface area contributed by atoms with Gasteiger partial charge in [-0.15, -0.1) is 17.5 Å². The summed E-state index contributed by atoms with van der Waals surface area (Å²) >= 11 is 0. The van der Waals surface area contributed by atoms with Gasteiger partial charge in [-0.1, -0.05) is 25.0 Å². The molecule has 5 rings (SSSR count). The van der Waals surface area contributed by atoms with E-state index in [1.165, 1.54) is 31.2 Å². The van der Waals surface area contributed by atoms with E-state index in [0.717, 1.165) is 24.2 Å². The standard InChI is InChI=1S/C22H25FN6O2.ClH/c23-17-9-7-16(8-10-17)20(21-24-25-26-29(21)18-4-1-2-5-18)27-11-13-28(14-12-27)22(30)19-6-3-15-31-19;/h3,6-10,15,18,20H,1-2,4-5,11-14H2;1H. The molecule has 2 aromatic heterocycles. The van der Waals surface area contributed by atoms with E-state index in [2.05, 4.69) is 20.4 Å². The zero-order valence-corrected chi connectivity index (χ0v) is 18.5. The van der Waals surface area contributed by atoms with Crippen molar-refractivity contribution in [3.63, 3.8) is 0 Å². The summed E-state index contributed by atoms with van der Waals surface area (Å²) in [5.74, 6) is 0.767. The molecule has 10 heteroatoms. The van der Waals surface area contributed by atoms with E-state index in [1.54, 1.807) is 29.2 Å². The molecule has 1 saturated carbocycles. The summed E-state index contributed by atoms with van der Waals surface area (Å²) < 4.78 is 20.8. The number of hydrogen-bond acceptors (Lipinski definition) is 6. The summed E-state index contributed by atoms with van der Waals surface area (Å²) in [6.45, 7) is 2.46. The quantitative estimate of drug-likeness (QED) is 0.579. The van der Waals surface area contributed by atoms with Crippen molar-refractivity contribution in [1.82, 2.24) is 30.0 Å². The van der Waals surface area contributed by atoms with Crippen LogP contribution in [0.1, 0.15) is 59.7 Å². The fourth-order valence-electron chi connectivity index (χ4n) is 4.70. The summed E-state index contributed by atoms with van der Waals surface area (Å²) in [6.07, 6.45) is 6.01. The molecule has 1 atom stereocenters. The zero-order valence-electron chi connectivity index (χ0n) is 17.6. The van der Waals surface area contributed by atoms with Crippen LogP contribution in [0.3, 0.4) is 0 Å². The van der Waals surface area contributed by atoms with Gasteiger partial charge in [0.1, 0.15) is 5.82 Å². The monoisotopic (exact) mass is 460 g/mol. The van der Waals surface area contributed by atoms with E-state index in [4.69, 9.17) is 4.42 Å². The average molecular weight is 461 g/mol. The van der Waals surface area contributed by atoms with Crippen molar-refractivity contribution >= 4 is 18.3 Å². The smallest absolute Gasteiger partial charge is 0.289 e. The molecule has 3 heterocycles. The van der Waals surface area contributed by atoms with Gasteiger partial charge in [-0.3, -0.25) is 9.69 Å². The zero-order chi connectivity index (χ0) is 21.2. The lowest BCUT2D eigenvalue weighted by molar-refractivity contribution is 0.0558. The molecular formula is C22H26ClFN6O2. The Balaban J connectivity index is 0.00000245. The minimum absolute atomic E-state index is 0. The molecule has 0 N–H and O–H groups in total. The lowest BCUT2D eigenvalue weighted by Crippen LogP contribution is -2.50. The fraction of sp³-hybridized carbons (Fsp3) is 0.455. The first-order chi connectivity index (χ1) is 15.2. The number of furan rings is 1. The predicted molar refractivity (Wildman–Crippen MR) is 117 cm³/mol. The Kier molecular flexibility index (Phi) is 6.86. The highest BCUT2D eigenvalue weighted by Gasteiger charge is 2.34. The van der Waals surface area contributed by atoms with Gasteiger partial charge in [-0.25, -0.2) is 9.07 Å². The van der Waals surface area contributed by atoms with Crippen molar-refractivity contribution in [2.75, 3.05) is 26.2 Å². The summed E-state index contributed by atoms with van der Waals surface area (Å²) in [4.78, 5) is 16.7. The van der Waals surface area contributed by atoms with Gasteiger partial charge in [0.25, 0.3) is 5.91 Å². The highest BCUT2D eigenvalue weighted by molar-refractivity contribution is 5.91. The van der Waals surface area contributed by atoms with Crippen LogP contribution in [0.15, 0.2) is 47.1 Å². The van der Waals surface area contributed by atoms with E-state index in [1.807, 2.05) is 4.68 Å². The van der Waals surface area contributed by atoms with E-state index < -0.39 is 0 Å². The van der Waals surface area contributed by atoms with Gasteiger partial charge in [0.2, 0.25) is 0 Å². The Morgan fingerprint density at radius 1 is 1.06 bits per heavy atom. The second-order valence-electron chi connectivity index (χ2n) is 8.18. The van der Waals surface area contributed by atoms with Gasteiger partial charge >= 0.3 is 0 Å². The molecule has 3 aromatic rings. The van der Waals surface area contributed by atoms with E-state index in [-0.39, 0.29) is 30.2 Å². The topological polar surface area (TPSA) is 80.3 Å². The van der Waals surface area contributed by atoms with Crippen molar-refractivity contribution in [1.29, 1.82) is 0 Å². The third-order valence-electron chi connectivity index (χ3n) is 6.32. The van der Waals surface area contributed by atoms with Crippen molar-refractivity contribution in [3.8, 4) is 0 Å². The van der Waals surface area contributed by atoms with Gasteiger partial charge in [-0.2, -0.15) is 0 Å². The number of benzene rings is 1. The maximum absolute atomic E-state index is 13.6. The molecule has 1 saturated heterocycles. The minimum atomic E-state index is -0.272. The second kappa shape index (κ2) is 9.79. The lowest BCUT2D eigenvalue weighted by atomic mass is 10.0. The van der Waals surface area contributed by atoms with Crippen LogP contribution in [0.4, 0.5) is 4.39 Å². The Bertz CT molecular complexity index is 1010. The van der Waals surface area contributed by atoms with Crippen LogP contribution in [0, 0.1) is 5.82 Å². The van der Waals surface area contributed by atoms with Gasteiger partial charge in [0, 0.05) is 26.2 Å². The second-order valence-corrected chi connectivity index (χ2v) is 8.18. The summed E-state index contributed by atoms with van der Waals surface area (Å²) in [5, 5.41) is 12.7. The normalized spacial score (nSPS) is 18.5. The molecule has 0 radical (unpaired) electrons. The molecule has 8 nitrogen and oxygen atoms in total. The highest BCUT2D eigenvalue weighted by Crippen LogP contribution is 2.34. The molecule has 1 unspecified atom stereocenters. The molecule has 1 aliphatic heterocycles. The molecule has 0 bridgehead atoms. The predicted octanol–water partition coefficient (Wildman–Crippen LogP) is 3.49. The van der Waals surface area contributed by atoms with Crippen molar-refractivity contribution in [3.05, 3.63) is 65.6 Å². The van der Waals surface area contributed by atoms with Gasteiger partial charge < -0.3 is 9.32 Å². The summed E-state index contributed by atoms with van der Waals surface area (Å²) in [7, 11) is 0. The highest BCUT2D eigenvalue weighted by atomic mass is 35.5. The first-order valence-electron chi connectivity index (χ1n) is 10.8. The molecule has 1 aliphatic carbocycles. The van der Waals surface area contributed by atoms with Gasteiger partial charge in [0.15, 0.2) is 11.6 Å². The Morgan fingerprint density at radius 3 is 2.44 bits per heavy atom. The largest absolute Gasteiger partial charge is 0.459 e. The number of nitrogens with zero attached hydrogens (tertiary/aromatic N) is 6.